The molecule has 0 aromatic carbocycles. The van der Waals surface area contributed by atoms with Gasteiger partial charge in [0, 0.05) is 13.2 Å². The first-order valence-corrected chi connectivity index (χ1v) is 8.26. The summed E-state index contributed by atoms with van der Waals surface area (Å²) in [5.74, 6) is 1.12. The lowest BCUT2D eigenvalue weighted by Crippen LogP contribution is -2.39. The van der Waals surface area contributed by atoms with E-state index in [1.165, 1.54) is 0 Å². The highest BCUT2D eigenvalue weighted by Gasteiger charge is 2.38. The fourth-order valence-electron chi connectivity index (χ4n) is 2.06. The minimum absolute atomic E-state index is 0.213. The molecule has 0 spiro atoms. The third-order valence-corrected chi connectivity index (χ3v) is 3.73. The molecular weight excluding hydrogens is 262 g/mol. The summed E-state index contributed by atoms with van der Waals surface area (Å²) in [6.07, 6.45) is 3.81. The minimum Gasteiger partial charge on any atom is -0.444 e. The van der Waals surface area contributed by atoms with E-state index in [9.17, 15) is 4.79 Å². The molecule has 1 atom stereocenters. The summed E-state index contributed by atoms with van der Waals surface area (Å²) in [6, 6.07) is 0. The van der Waals surface area contributed by atoms with E-state index in [4.69, 9.17) is 9.47 Å². The lowest BCUT2D eigenvalue weighted by atomic mass is 10.1. The van der Waals surface area contributed by atoms with Crippen LogP contribution in [0.1, 0.15) is 40.5 Å². The molecule has 1 unspecified atom stereocenters. The molecule has 0 aliphatic carbocycles. The topological polar surface area (TPSA) is 38.8 Å². The van der Waals surface area contributed by atoms with Gasteiger partial charge >= 0.3 is 6.09 Å². The Hall–Kier alpha value is -0.420. The zero-order chi connectivity index (χ0) is 14.5. The lowest BCUT2D eigenvalue weighted by Gasteiger charge is -2.27. The van der Waals surface area contributed by atoms with Crippen LogP contribution in [-0.4, -0.2) is 53.9 Å². The Balaban J connectivity index is 2.37. The number of hydrogen-bond acceptors (Lipinski definition) is 4. The van der Waals surface area contributed by atoms with Crippen LogP contribution in [0.15, 0.2) is 0 Å². The van der Waals surface area contributed by atoms with Crippen LogP contribution in [-0.2, 0) is 9.47 Å². The molecular formula is C14H27NO3S. The van der Waals surface area contributed by atoms with Crippen LogP contribution < -0.4 is 0 Å². The van der Waals surface area contributed by atoms with Crippen molar-refractivity contribution < 1.29 is 14.3 Å². The van der Waals surface area contributed by atoms with Gasteiger partial charge in [0.1, 0.15) is 5.60 Å². The fourth-order valence-corrected chi connectivity index (χ4v) is 2.46. The average Bonchev–Trinajstić information content (AvgIpc) is 2.66. The number of rotatable bonds is 5. The van der Waals surface area contributed by atoms with Gasteiger partial charge in [-0.3, -0.25) is 0 Å². The summed E-state index contributed by atoms with van der Waals surface area (Å²) in [7, 11) is 0. The van der Waals surface area contributed by atoms with E-state index in [1.807, 2.05) is 32.5 Å². The van der Waals surface area contributed by atoms with Gasteiger partial charge in [-0.15, -0.1) is 0 Å². The summed E-state index contributed by atoms with van der Waals surface area (Å²) >= 11 is 1.83. The maximum absolute atomic E-state index is 12.0. The van der Waals surface area contributed by atoms with Crippen LogP contribution in [0.5, 0.6) is 0 Å². The van der Waals surface area contributed by atoms with Crippen molar-refractivity contribution in [1.29, 1.82) is 0 Å². The fraction of sp³-hybridized carbons (Fsp3) is 0.929. The normalized spacial score (nSPS) is 23.7. The molecule has 1 amide bonds. The molecule has 1 rings (SSSR count). The van der Waals surface area contributed by atoms with Crippen LogP contribution in [0.4, 0.5) is 4.79 Å². The van der Waals surface area contributed by atoms with Crippen LogP contribution in [0.25, 0.3) is 0 Å². The Morgan fingerprint density at radius 2 is 2.11 bits per heavy atom. The predicted molar refractivity (Wildman–Crippen MR) is 79.8 cm³/mol. The zero-order valence-electron chi connectivity index (χ0n) is 12.8. The first-order chi connectivity index (χ1) is 8.76. The summed E-state index contributed by atoms with van der Waals surface area (Å²) in [6.45, 7) is 9.85. The second-order valence-corrected chi connectivity index (χ2v) is 7.28. The molecule has 0 aromatic rings. The monoisotopic (exact) mass is 289 g/mol. The summed E-state index contributed by atoms with van der Waals surface area (Å²) < 4.78 is 11.3. The molecule has 4 nitrogen and oxygen atoms in total. The first kappa shape index (κ1) is 16.6. The number of nitrogens with zero attached hydrogens (tertiary/aromatic N) is 1. The summed E-state index contributed by atoms with van der Waals surface area (Å²) in [4.78, 5) is 13.7. The molecule has 0 bridgehead atoms. The van der Waals surface area contributed by atoms with Crippen molar-refractivity contribution in [3.63, 3.8) is 0 Å². The molecule has 112 valence electrons. The van der Waals surface area contributed by atoms with Gasteiger partial charge in [-0.05, 0) is 52.5 Å². The largest absolute Gasteiger partial charge is 0.444 e. The highest BCUT2D eigenvalue weighted by atomic mass is 32.2. The van der Waals surface area contributed by atoms with E-state index in [0.29, 0.717) is 13.1 Å². The number of amides is 1. The Kier molecular flexibility index (Phi) is 5.99. The SMILES string of the molecule is CSCCCOC1(C)CCN(C(=O)OC(C)(C)C)C1. The maximum atomic E-state index is 12.0. The van der Waals surface area contributed by atoms with Gasteiger partial charge < -0.3 is 14.4 Å². The molecule has 1 saturated heterocycles. The third-order valence-electron chi connectivity index (χ3n) is 3.03. The number of carbonyl (C=O) groups is 1. The Morgan fingerprint density at radius 3 is 2.68 bits per heavy atom. The standard InChI is InChI=1S/C14H27NO3S/c1-13(2,3)18-12(16)15-8-7-14(4,11-15)17-9-6-10-19-5/h6-11H2,1-5H3. The van der Waals surface area contributed by atoms with Gasteiger partial charge in [0.25, 0.3) is 0 Å². The predicted octanol–water partition coefficient (Wildman–Crippen LogP) is 3.16. The number of hydrogen-bond donors (Lipinski definition) is 0. The molecule has 0 aromatic heterocycles. The first-order valence-electron chi connectivity index (χ1n) is 6.87. The Labute approximate surface area is 121 Å². The van der Waals surface area contributed by atoms with Gasteiger partial charge in [0.05, 0.1) is 12.1 Å². The minimum atomic E-state index is -0.435. The molecule has 0 radical (unpaired) electrons. The molecule has 19 heavy (non-hydrogen) atoms. The zero-order valence-corrected chi connectivity index (χ0v) is 13.6. The van der Waals surface area contributed by atoms with E-state index < -0.39 is 5.60 Å². The molecule has 5 heteroatoms. The van der Waals surface area contributed by atoms with Crippen LogP contribution >= 0.6 is 11.8 Å². The molecule has 1 heterocycles. The molecule has 1 aliphatic heterocycles. The van der Waals surface area contributed by atoms with Gasteiger partial charge in [0.2, 0.25) is 0 Å². The van der Waals surface area contributed by atoms with Gasteiger partial charge in [0.15, 0.2) is 0 Å². The molecule has 0 saturated carbocycles. The number of thioether (sulfide) groups is 1. The Morgan fingerprint density at radius 1 is 1.42 bits per heavy atom. The van der Waals surface area contributed by atoms with Crippen molar-refractivity contribution in [2.75, 3.05) is 31.7 Å². The highest BCUT2D eigenvalue weighted by Crippen LogP contribution is 2.26. The third kappa shape index (κ3) is 6.04. The van der Waals surface area contributed by atoms with Gasteiger partial charge in [-0.2, -0.15) is 11.8 Å². The van der Waals surface area contributed by atoms with Crippen molar-refractivity contribution >= 4 is 17.9 Å². The second kappa shape index (κ2) is 6.84. The quantitative estimate of drug-likeness (QED) is 0.729. The van der Waals surface area contributed by atoms with Gasteiger partial charge in [-0.25, -0.2) is 4.79 Å². The van der Waals surface area contributed by atoms with E-state index in [1.54, 1.807) is 4.90 Å². The van der Waals surface area contributed by atoms with Crippen molar-refractivity contribution in [2.45, 2.75) is 51.7 Å². The lowest BCUT2D eigenvalue weighted by molar-refractivity contribution is -0.0265. The van der Waals surface area contributed by atoms with E-state index in [0.717, 1.165) is 25.2 Å². The van der Waals surface area contributed by atoms with Crippen LogP contribution in [0.3, 0.4) is 0 Å². The van der Waals surface area contributed by atoms with Crippen molar-refractivity contribution in [3.05, 3.63) is 0 Å². The average molecular weight is 289 g/mol. The highest BCUT2D eigenvalue weighted by molar-refractivity contribution is 7.98. The second-order valence-electron chi connectivity index (χ2n) is 6.30. The van der Waals surface area contributed by atoms with Crippen molar-refractivity contribution in [2.24, 2.45) is 0 Å². The maximum Gasteiger partial charge on any atom is 0.410 e. The van der Waals surface area contributed by atoms with E-state index in [2.05, 4.69) is 13.2 Å². The molecule has 1 aliphatic rings. The smallest absolute Gasteiger partial charge is 0.410 e. The van der Waals surface area contributed by atoms with Crippen molar-refractivity contribution in [1.82, 2.24) is 4.90 Å². The summed E-state index contributed by atoms with van der Waals surface area (Å²) in [5, 5.41) is 0. The van der Waals surface area contributed by atoms with E-state index in [-0.39, 0.29) is 11.7 Å². The number of ether oxygens (including phenoxy) is 2. The number of carbonyl (C=O) groups excluding carboxylic acids is 1. The van der Waals surface area contributed by atoms with Gasteiger partial charge in [-0.1, -0.05) is 0 Å². The summed E-state index contributed by atoms with van der Waals surface area (Å²) in [5.41, 5.74) is -0.648. The van der Waals surface area contributed by atoms with E-state index >= 15 is 0 Å². The Bertz CT molecular complexity index is 304. The van der Waals surface area contributed by atoms with Crippen LogP contribution in [0, 0.1) is 0 Å². The molecule has 1 fully saturated rings. The van der Waals surface area contributed by atoms with Crippen molar-refractivity contribution in [3.8, 4) is 0 Å². The molecule has 0 N–H and O–H groups in total. The van der Waals surface area contributed by atoms with Crippen LogP contribution in [0.2, 0.25) is 0 Å². The number of likely N-dealkylation sites (tertiary alicyclic amines) is 1.